The summed E-state index contributed by atoms with van der Waals surface area (Å²) in [5, 5.41) is 11.4. The first-order valence-electron chi connectivity index (χ1n) is 10.7. The van der Waals surface area contributed by atoms with Crippen LogP contribution in [0.15, 0.2) is 60.3 Å². The highest BCUT2D eigenvalue weighted by Crippen LogP contribution is 2.43. The number of ketones is 1. The third-order valence-corrected chi connectivity index (χ3v) is 6.02. The summed E-state index contributed by atoms with van der Waals surface area (Å²) in [4.78, 5) is 32.5. The Morgan fingerprint density at radius 2 is 1.73 bits per heavy atom. The molecule has 1 N–H and O–H groups in total. The molecule has 168 valence electrons. The summed E-state index contributed by atoms with van der Waals surface area (Å²) in [7, 11) is 1.58. The predicted molar refractivity (Wildman–Crippen MR) is 127 cm³/mol. The number of aromatic nitrogens is 1. The number of methoxy groups -OCH3 is 1. The van der Waals surface area contributed by atoms with Gasteiger partial charge in [0, 0.05) is 17.4 Å². The maximum Gasteiger partial charge on any atom is 0.300 e. The van der Waals surface area contributed by atoms with E-state index in [9.17, 15) is 14.7 Å². The number of nitrogens with zero attached hydrogens (tertiary/aromatic N) is 2. The average molecular weight is 443 g/mol. The molecule has 0 radical (unpaired) electrons. The molecule has 33 heavy (non-hydrogen) atoms. The second kappa shape index (κ2) is 8.54. The topological polar surface area (TPSA) is 79.7 Å². The van der Waals surface area contributed by atoms with Gasteiger partial charge in [-0.15, -0.1) is 0 Å². The van der Waals surface area contributed by atoms with Crippen LogP contribution < -0.4 is 9.64 Å². The van der Waals surface area contributed by atoms with Crippen LogP contribution in [0.5, 0.6) is 5.75 Å². The Balaban J connectivity index is 1.98. The molecular formula is C27H26N2O4. The molecule has 3 aromatic rings. The van der Waals surface area contributed by atoms with Gasteiger partial charge in [0.1, 0.15) is 17.6 Å². The van der Waals surface area contributed by atoms with Crippen LogP contribution in [-0.4, -0.2) is 28.9 Å². The molecule has 0 saturated carbocycles. The van der Waals surface area contributed by atoms with Gasteiger partial charge in [-0.05, 0) is 74.7 Å². The molecule has 2 heterocycles. The quantitative estimate of drug-likeness (QED) is 0.351. The van der Waals surface area contributed by atoms with Crippen molar-refractivity contribution in [1.29, 1.82) is 0 Å². The Labute approximate surface area is 193 Å². The van der Waals surface area contributed by atoms with E-state index in [1.54, 1.807) is 43.6 Å². The second-order valence-electron chi connectivity index (χ2n) is 8.35. The van der Waals surface area contributed by atoms with Crippen LogP contribution in [0.2, 0.25) is 0 Å². The number of Topliss-reactive ketones (excluding diaryl/α,β-unsaturated/α-hetero) is 1. The van der Waals surface area contributed by atoms with Gasteiger partial charge >= 0.3 is 0 Å². The lowest BCUT2D eigenvalue weighted by Crippen LogP contribution is -2.30. The van der Waals surface area contributed by atoms with Crippen LogP contribution in [0.25, 0.3) is 5.76 Å². The number of aliphatic hydroxyl groups is 1. The fourth-order valence-corrected chi connectivity index (χ4v) is 4.38. The minimum atomic E-state index is -0.852. The number of hydrogen-bond acceptors (Lipinski definition) is 5. The summed E-state index contributed by atoms with van der Waals surface area (Å²) >= 11 is 0. The summed E-state index contributed by atoms with van der Waals surface area (Å²) in [6.45, 7) is 7.55. The van der Waals surface area contributed by atoms with E-state index >= 15 is 0 Å². The van der Waals surface area contributed by atoms with Gasteiger partial charge in [0.2, 0.25) is 0 Å². The van der Waals surface area contributed by atoms with Gasteiger partial charge in [0.15, 0.2) is 0 Å². The molecule has 2 aromatic carbocycles. The van der Waals surface area contributed by atoms with Crippen molar-refractivity contribution in [3.8, 4) is 5.75 Å². The fraction of sp³-hybridized carbons (Fsp3) is 0.222. The summed E-state index contributed by atoms with van der Waals surface area (Å²) < 4.78 is 5.38. The van der Waals surface area contributed by atoms with Crippen molar-refractivity contribution in [3.63, 3.8) is 0 Å². The van der Waals surface area contributed by atoms with Gasteiger partial charge in [-0.3, -0.25) is 19.5 Å². The normalized spacial score (nSPS) is 17.5. The lowest BCUT2D eigenvalue weighted by Gasteiger charge is -2.26. The van der Waals surface area contributed by atoms with Crippen LogP contribution >= 0.6 is 0 Å². The molecule has 0 aliphatic carbocycles. The maximum absolute atomic E-state index is 13.3. The third kappa shape index (κ3) is 3.78. The van der Waals surface area contributed by atoms with Gasteiger partial charge in [0.05, 0.1) is 18.4 Å². The first kappa shape index (κ1) is 22.3. The van der Waals surface area contributed by atoms with Gasteiger partial charge < -0.3 is 9.84 Å². The SMILES string of the molecule is COc1cc(C)c(/C(O)=C2\C(=O)C(=O)N(c3ccc(C)cc3C)C2c2ccccn2)cc1C. The Kier molecular flexibility index (Phi) is 5.77. The number of rotatable bonds is 4. The van der Waals surface area contributed by atoms with Crippen LogP contribution in [0, 0.1) is 27.7 Å². The van der Waals surface area contributed by atoms with Gasteiger partial charge in [-0.1, -0.05) is 23.8 Å². The molecule has 1 amide bonds. The number of anilines is 1. The van der Waals surface area contributed by atoms with Crippen molar-refractivity contribution < 1.29 is 19.4 Å². The number of ether oxygens (including phenoxy) is 1. The molecule has 1 aliphatic heterocycles. The molecule has 1 fully saturated rings. The Bertz CT molecular complexity index is 1290. The first-order chi connectivity index (χ1) is 15.7. The maximum atomic E-state index is 13.3. The van der Waals surface area contributed by atoms with Crippen LogP contribution in [0.3, 0.4) is 0 Å². The summed E-state index contributed by atoms with van der Waals surface area (Å²) in [6, 6.07) is 13.7. The molecule has 1 saturated heterocycles. The zero-order valence-corrected chi connectivity index (χ0v) is 19.3. The number of aryl methyl sites for hydroxylation is 4. The number of amides is 1. The molecule has 4 rings (SSSR count). The molecule has 1 unspecified atom stereocenters. The number of hydrogen-bond donors (Lipinski definition) is 1. The van der Waals surface area contributed by atoms with Crippen molar-refractivity contribution in [2.75, 3.05) is 12.0 Å². The van der Waals surface area contributed by atoms with Gasteiger partial charge in [-0.25, -0.2) is 0 Å². The number of carbonyl (C=O) groups excluding carboxylic acids is 2. The van der Waals surface area contributed by atoms with Crippen molar-refractivity contribution in [3.05, 3.63) is 93.8 Å². The zero-order valence-electron chi connectivity index (χ0n) is 19.3. The molecule has 1 atom stereocenters. The lowest BCUT2D eigenvalue weighted by atomic mass is 9.94. The number of aliphatic hydroxyl groups excluding tert-OH is 1. The highest BCUT2D eigenvalue weighted by molar-refractivity contribution is 6.51. The fourth-order valence-electron chi connectivity index (χ4n) is 4.38. The predicted octanol–water partition coefficient (Wildman–Crippen LogP) is 4.95. The second-order valence-corrected chi connectivity index (χ2v) is 8.35. The van der Waals surface area contributed by atoms with Crippen LogP contribution in [0.4, 0.5) is 5.69 Å². The Morgan fingerprint density at radius 3 is 2.36 bits per heavy atom. The van der Waals surface area contributed by atoms with E-state index < -0.39 is 17.7 Å². The molecule has 6 nitrogen and oxygen atoms in total. The van der Waals surface area contributed by atoms with E-state index in [0.717, 1.165) is 22.3 Å². The van der Waals surface area contributed by atoms with Crippen molar-refractivity contribution in [2.24, 2.45) is 0 Å². The highest BCUT2D eigenvalue weighted by Gasteiger charge is 2.48. The van der Waals surface area contributed by atoms with E-state index in [2.05, 4.69) is 4.98 Å². The van der Waals surface area contributed by atoms with Gasteiger partial charge in [-0.2, -0.15) is 0 Å². The minimum Gasteiger partial charge on any atom is -0.507 e. The average Bonchev–Trinajstić information content (AvgIpc) is 3.06. The Morgan fingerprint density at radius 1 is 0.970 bits per heavy atom. The minimum absolute atomic E-state index is 0.0198. The summed E-state index contributed by atoms with van der Waals surface area (Å²) in [6.07, 6.45) is 1.61. The van der Waals surface area contributed by atoms with Crippen molar-refractivity contribution in [1.82, 2.24) is 4.98 Å². The van der Waals surface area contributed by atoms with E-state index in [-0.39, 0.29) is 11.3 Å². The van der Waals surface area contributed by atoms with Crippen molar-refractivity contribution in [2.45, 2.75) is 33.7 Å². The van der Waals surface area contributed by atoms with Crippen LogP contribution in [0.1, 0.15) is 39.6 Å². The van der Waals surface area contributed by atoms with Gasteiger partial charge in [0.25, 0.3) is 11.7 Å². The Hall–Kier alpha value is -3.93. The number of pyridine rings is 1. The largest absolute Gasteiger partial charge is 0.507 e. The molecule has 6 heteroatoms. The van der Waals surface area contributed by atoms with Crippen LogP contribution in [-0.2, 0) is 9.59 Å². The highest BCUT2D eigenvalue weighted by atomic mass is 16.5. The van der Waals surface area contributed by atoms with E-state index in [4.69, 9.17) is 4.74 Å². The zero-order chi connectivity index (χ0) is 23.9. The molecule has 0 bridgehead atoms. The summed E-state index contributed by atoms with van der Waals surface area (Å²) in [5.74, 6) is -0.973. The standard InChI is InChI=1S/C27H26N2O4/c1-15-9-10-21(17(3)12-15)29-24(20-8-6-7-11-28-20)23(26(31)27(29)32)25(30)19-13-18(4)22(33-5)14-16(19)2/h6-14,24,30H,1-5H3/b25-23+. The summed E-state index contributed by atoms with van der Waals surface area (Å²) in [5.41, 5.74) is 5.05. The van der Waals surface area contributed by atoms with E-state index in [0.29, 0.717) is 22.7 Å². The number of carbonyl (C=O) groups is 2. The number of benzene rings is 2. The smallest absolute Gasteiger partial charge is 0.300 e. The van der Waals surface area contributed by atoms with Crippen molar-refractivity contribution >= 4 is 23.1 Å². The van der Waals surface area contributed by atoms with E-state index in [1.807, 2.05) is 45.9 Å². The molecule has 0 spiro atoms. The van der Waals surface area contributed by atoms with E-state index in [1.165, 1.54) is 4.90 Å². The lowest BCUT2D eigenvalue weighted by molar-refractivity contribution is -0.132. The molecule has 1 aromatic heterocycles. The first-order valence-corrected chi connectivity index (χ1v) is 10.7. The third-order valence-electron chi connectivity index (χ3n) is 6.02. The molecule has 1 aliphatic rings. The molecular weight excluding hydrogens is 416 g/mol. The monoisotopic (exact) mass is 442 g/mol.